The Hall–Kier alpha value is -3.72. The van der Waals surface area contributed by atoms with Crippen molar-refractivity contribution in [3.63, 3.8) is 0 Å². The molecule has 1 saturated carbocycles. The van der Waals surface area contributed by atoms with Crippen LogP contribution in [-0.4, -0.2) is 55.1 Å². The number of esters is 1. The number of pyridine rings is 1. The quantitative estimate of drug-likeness (QED) is 0.328. The van der Waals surface area contributed by atoms with Gasteiger partial charge in [0, 0.05) is 18.7 Å². The second kappa shape index (κ2) is 10.9. The van der Waals surface area contributed by atoms with Crippen LogP contribution in [0.4, 0.5) is 24.8 Å². The summed E-state index contributed by atoms with van der Waals surface area (Å²) >= 11 is 0. The summed E-state index contributed by atoms with van der Waals surface area (Å²) in [6.07, 6.45) is -4.83. The average Bonchev–Trinajstić information content (AvgIpc) is 3.41. The first-order chi connectivity index (χ1) is 19.0. The van der Waals surface area contributed by atoms with Gasteiger partial charge in [-0.1, -0.05) is 37.3 Å². The Morgan fingerprint density at radius 1 is 1.22 bits per heavy atom. The van der Waals surface area contributed by atoms with Crippen molar-refractivity contribution in [2.24, 2.45) is 17.6 Å². The SMILES string of the molecule is C[C@H](Nc1cc(-c2nnc([C@](C)(N)C(OC(=O)C(F)(F)F)c3ccccc3)o2)cc(N(C)S(C)(=O)=O)n1)[C@H]1C[C@@H]1C. The van der Waals surface area contributed by atoms with Gasteiger partial charge in [0.2, 0.25) is 21.8 Å². The van der Waals surface area contributed by atoms with Crippen molar-refractivity contribution in [1.29, 1.82) is 0 Å². The second-order valence-corrected chi connectivity index (χ2v) is 12.5. The lowest BCUT2D eigenvalue weighted by molar-refractivity contribution is -0.208. The summed E-state index contributed by atoms with van der Waals surface area (Å²) in [6.45, 7) is 5.43. The third-order valence-corrected chi connectivity index (χ3v) is 8.24. The van der Waals surface area contributed by atoms with Gasteiger partial charge in [-0.25, -0.2) is 18.2 Å². The molecule has 0 amide bonds. The van der Waals surface area contributed by atoms with Gasteiger partial charge in [0.25, 0.3) is 0 Å². The molecule has 3 aromatic rings. The van der Waals surface area contributed by atoms with E-state index in [-0.39, 0.29) is 34.8 Å². The molecule has 0 bridgehead atoms. The maximum absolute atomic E-state index is 13.1. The number of ether oxygens (including phenoxy) is 1. The molecule has 0 saturated heterocycles. The van der Waals surface area contributed by atoms with Crippen LogP contribution in [-0.2, 0) is 25.1 Å². The van der Waals surface area contributed by atoms with E-state index in [0.29, 0.717) is 17.7 Å². The number of anilines is 2. The molecular formula is C26H31F3N6O5S. The second-order valence-electron chi connectivity index (χ2n) is 10.5. The molecule has 3 N–H and O–H groups in total. The molecule has 15 heteroatoms. The summed E-state index contributed by atoms with van der Waals surface area (Å²) < 4.78 is 75.4. The largest absolute Gasteiger partial charge is 0.490 e. The minimum absolute atomic E-state index is 0.0460. The highest BCUT2D eigenvalue weighted by atomic mass is 32.2. The Morgan fingerprint density at radius 2 is 1.85 bits per heavy atom. The Bertz CT molecular complexity index is 1510. The van der Waals surface area contributed by atoms with Crippen LogP contribution in [0.15, 0.2) is 46.9 Å². The van der Waals surface area contributed by atoms with E-state index in [1.165, 1.54) is 32.2 Å². The molecule has 2 heterocycles. The summed E-state index contributed by atoms with van der Waals surface area (Å²) in [7, 11) is -2.34. The number of carbonyl (C=O) groups is 1. The van der Waals surface area contributed by atoms with Crippen LogP contribution >= 0.6 is 0 Å². The number of aromatic nitrogens is 3. The smallest absolute Gasteiger partial charge is 0.448 e. The molecule has 0 aliphatic heterocycles. The molecule has 1 aliphatic rings. The van der Waals surface area contributed by atoms with Gasteiger partial charge >= 0.3 is 12.1 Å². The van der Waals surface area contributed by atoms with E-state index in [1.807, 2.05) is 6.92 Å². The Labute approximate surface area is 235 Å². The molecule has 1 aliphatic carbocycles. The van der Waals surface area contributed by atoms with Gasteiger partial charge in [-0.3, -0.25) is 4.31 Å². The molecule has 1 fully saturated rings. The number of rotatable bonds is 10. The third-order valence-electron chi connectivity index (χ3n) is 7.06. The van der Waals surface area contributed by atoms with Crippen molar-refractivity contribution >= 4 is 27.6 Å². The van der Waals surface area contributed by atoms with Crippen molar-refractivity contribution in [3.05, 3.63) is 53.9 Å². The fraction of sp³-hybridized carbons (Fsp3) is 0.462. The minimum Gasteiger partial charge on any atom is -0.448 e. The number of sulfonamides is 1. The zero-order valence-electron chi connectivity index (χ0n) is 23.0. The molecule has 1 aromatic carbocycles. The number of benzene rings is 1. The van der Waals surface area contributed by atoms with Gasteiger partial charge in [0.15, 0.2) is 6.10 Å². The number of carbonyl (C=O) groups excluding carboxylic acids is 1. The lowest BCUT2D eigenvalue weighted by Crippen LogP contribution is -2.44. The average molecular weight is 597 g/mol. The molecule has 0 spiro atoms. The van der Waals surface area contributed by atoms with E-state index in [9.17, 15) is 26.4 Å². The summed E-state index contributed by atoms with van der Waals surface area (Å²) in [5, 5.41) is 11.3. The summed E-state index contributed by atoms with van der Waals surface area (Å²) in [5.74, 6) is -1.45. The molecule has 222 valence electrons. The molecule has 11 nitrogen and oxygen atoms in total. The van der Waals surface area contributed by atoms with Crippen molar-refractivity contribution in [2.45, 2.75) is 51.1 Å². The first-order valence-electron chi connectivity index (χ1n) is 12.7. The van der Waals surface area contributed by atoms with E-state index in [2.05, 4.69) is 27.4 Å². The molecule has 1 unspecified atom stereocenters. The standard InChI is InChI=1S/C26H31F3N6O5S/c1-14-11-18(14)15(2)31-19-12-17(13-20(32-19)35(4)41(5,37)38)22-33-34-23(40-22)25(3,30)21(16-9-7-6-8-10-16)39-24(36)26(27,28)29/h6-10,12-15,18,21H,11,30H2,1-5H3,(H,31,32)/t14-,15-,18-,21?,25+/m0/s1. The number of nitrogens with two attached hydrogens (primary N) is 1. The van der Waals surface area contributed by atoms with Crippen LogP contribution in [0, 0.1) is 11.8 Å². The van der Waals surface area contributed by atoms with Crippen molar-refractivity contribution < 1.29 is 35.5 Å². The topological polar surface area (TPSA) is 154 Å². The number of hydrogen-bond donors (Lipinski definition) is 2. The van der Waals surface area contributed by atoms with Gasteiger partial charge < -0.3 is 20.2 Å². The van der Waals surface area contributed by atoms with Gasteiger partial charge in [-0.15, -0.1) is 10.2 Å². The van der Waals surface area contributed by atoms with E-state index >= 15 is 0 Å². The number of alkyl halides is 3. The molecular weight excluding hydrogens is 565 g/mol. The van der Waals surface area contributed by atoms with Crippen LogP contribution < -0.4 is 15.4 Å². The molecule has 41 heavy (non-hydrogen) atoms. The molecule has 0 radical (unpaired) electrons. The van der Waals surface area contributed by atoms with Crippen LogP contribution in [0.25, 0.3) is 11.5 Å². The summed E-state index contributed by atoms with van der Waals surface area (Å²) in [6, 6.07) is 10.7. The number of hydrogen-bond acceptors (Lipinski definition) is 10. The predicted octanol–water partition coefficient (Wildman–Crippen LogP) is 4.00. The Morgan fingerprint density at radius 3 is 2.41 bits per heavy atom. The first kappa shape index (κ1) is 30.2. The maximum atomic E-state index is 13.1. The van der Waals surface area contributed by atoms with Gasteiger partial charge in [-0.05, 0) is 49.8 Å². The van der Waals surface area contributed by atoms with E-state index in [4.69, 9.17) is 14.9 Å². The third kappa shape index (κ3) is 6.78. The number of halogens is 3. The van der Waals surface area contributed by atoms with Crippen molar-refractivity contribution in [1.82, 2.24) is 15.2 Å². The van der Waals surface area contributed by atoms with Crippen LogP contribution in [0.2, 0.25) is 0 Å². The Kier molecular flexibility index (Phi) is 8.06. The Balaban J connectivity index is 1.73. The maximum Gasteiger partial charge on any atom is 0.490 e. The van der Waals surface area contributed by atoms with E-state index in [1.54, 1.807) is 24.3 Å². The van der Waals surface area contributed by atoms with Crippen molar-refractivity contribution in [3.8, 4) is 11.5 Å². The highest BCUT2D eigenvalue weighted by molar-refractivity contribution is 7.92. The predicted molar refractivity (Wildman–Crippen MR) is 144 cm³/mol. The van der Waals surface area contributed by atoms with Crippen LogP contribution in [0.1, 0.15) is 44.8 Å². The van der Waals surface area contributed by atoms with Crippen LogP contribution in [0.3, 0.4) is 0 Å². The van der Waals surface area contributed by atoms with Crippen molar-refractivity contribution in [2.75, 3.05) is 22.9 Å². The van der Waals surface area contributed by atoms with Gasteiger partial charge in [0.05, 0.1) is 6.26 Å². The fourth-order valence-corrected chi connectivity index (χ4v) is 4.87. The number of nitrogens with one attached hydrogen (secondary N) is 1. The first-order valence-corrected chi connectivity index (χ1v) is 14.5. The molecule has 5 atom stereocenters. The van der Waals surface area contributed by atoms with E-state index < -0.39 is 33.8 Å². The highest BCUT2D eigenvalue weighted by Crippen LogP contribution is 2.42. The minimum atomic E-state index is -5.26. The zero-order chi connectivity index (χ0) is 30.3. The fourth-order valence-electron chi connectivity index (χ4n) is 4.44. The zero-order valence-corrected chi connectivity index (χ0v) is 23.8. The highest BCUT2D eigenvalue weighted by Gasteiger charge is 2.48. The summed E-state index contributed by atoms with van der Waals surface area (Å²) in [5.41, 5.74) is 4.98. The lowest BCUT2D eigenvalue weighted by atomic mass is 9.90. The van der Waals surface area contributed by atoms with Gasteiger partial charge in [0.1, 0.15) is 17.2 Å². The molecule has 2 aromatic heterocycles. The normalized spacial score (nSPS) is 20.0. The monoisotopic (exact) mass is 596 g/mol. The number of nitrogens with zero attached hydrogens (tertiary/aromatic N) is 4. The van der Waals surface area contributed by atoms with E-state index in [0.717, 1.165) is 17.0 Å². The lowest BCUT2D eigenvalue weighted by Gasteiger charge is -2.31. The molecule has 4 rings (SSSR count). The van der Waals surface area contributed by atoms with Gasteiger partial charge in [-0.2, -0.15) is 13.2 Å². The summed E-state index contributed by atoms with van der Waals surface area (Å²) in [4.78, 5) is 16.2. The van der Waals surface area contributed by atoms with Crippen LogP contribution in [0.5, 0.6) is 0 Å².